The van der Waals surface area contributed by atoms with E-state index in [9.17, 15) is 10.5 Å². The Hall–Kier alpha value is -7.86. The third kappa shape index (κ3) is 4.51. The van der Waals surface area contributed by atoms with E-state index in [1.807, 2.05) is 42.5 Å². The molecule has 0 N–H and O–H groups in total. The zero-order chi connectivity index (χ0) is 36.6. The maximum absolute atomic E-state index is 10.5. The summed E-state index contributed by atoms with van der Waals surface area (Å²) >= 11 is 0. The average molecular weight is 700 g/mol. The molecule has 3 aromatic heterocycles. The summed E-state index contributed by atoms with van der Waals surface area (Å²) in [6, 6.07) is 66.0. The van der Waals surface area contributed by atoms with E-state index in [0.717, 1.165) is 61.0 Å². The average Bonchev–Trinajstić information content (AvgIpc) is 3.88. The van der Waals surface area contributed by atoms with Gasteiger partial charge in [0.1, 0.15) is 6.07 Å². The van der Waals surface area contributed by atoms with Crippen molar-refractivity contribution in [3.05, 3.63) is 187 Å². The van der Waals surface area contributed by atoms with Gasteiger partial charge in [-0.3, -0.25) is 0 Å². The zero-order valence-corrected chi connectivity index (χ0v) is 29.5. The van der Waals surface area contributed by atoms with E-state index in [4.69, 9.17) is 0 Å². The molecule has 0 spiro atoms. The van der Waals surface area contributed by atoms with Crippen molar-refractivity contribution in [2.75, 3.05) is 0 Å². The number of fused-ring (bicyclic) bond motifs is 9. The molecule has 0 unspecified atom stereocenters. The van der Waals surface area contributed by atoms with Gasteiger partial charge in [0.2, 0.25) is 0 Å². The number of hydrogen-bond donors (Lipinski definition) is 0. The van der Waals surface area contributed by atoms with Gasteiger partial charge >= 0.3 is 0 Å². The Balaban J connectivity index is 1.04. The molecule has 0 aliphatic rings. The predicted octanol–water partition coefficient (Wildman–Crippen LogP) is 12.4. The van der Waals surface area contributed by atoms with E-state index in [0.29, 0.717) is 11.1 Å². The summed E-state index contributed by atoms with van der Waals surface area (Å²) in [6.07, 6.45) is 0. The van der Waals surface area contributed by atoms with Crippen molar-refractivity contribution in [2.24, 2.45) is 0 Å². The second-order valence-corrected chi connectivity index (χ2v) is 14.0. The summed E-state index contributed by atoms with van der Waals surface area (Å²) in [4.78, 5) is 0. The van der Waals surface area contributed by atoms with Crippen molar-refractivity contribution in [1.82, 2.24) is 13.7 Å². The van der Waals surface area contributed by atoms with Crippen LogP contribution in [-0.2, 0) is 0 Å². The maximum Gasteiger partial charge on any atom is 0.101 e. The summed E-state index contributed by atoms with van der Waals surface area (Å²) in [5.41, 5.74) is 12.6. The first-order valence-electron chi connectivity index (χ1n) is 18.3. The van der Waals surface area contributed by atoms with Crippen LogP contribution >= 0.6 is 0 Å². The summed E-state index contributed by atoms with van der Waals surface area (Å²) in [7, 11) is 0. The first kappa shape index (κ1) is 30.7. The standard InChI is InChI=1S/C50H29N5/c51-30-32-17-24-42-41-12-4-8-16-48(41)55(49(42)27-32)44-26-20-34(28-35(44)31-52)33-18-21-36(22-19-33)53-45-13-5-3-11-40(45)43-25-23-37(29-50(43)53)54-46-14-6-1-9-38(46)39-10-2-7-15-47(39)54/h1-29H. The second kappa shape index (κ2) is 11.8. The maximum atomic E-state index is 10.5. The fraction of sp³-hybridized carbons (Fsp3) is 0. The number of hydrogen-bond acceptors (Lipinski definition) is 2. The van der Waals surface area contributed by atoms with Crippen LogP contribution in [-0.4, -0.2) is 13.7 Å². The third-order valence-corrected chi connectivity index (χ3v) is 11.1. The van der Waals surface area contributed by atoms with Crippen LogP contribution in [0, 0.1) is 22.7 Å². The number of rotatable bonds is 4. The van der Waals surface area contributed by atoms with Crippen LogP contribution in [0.15, 0.2) is 176 Å². The summed E-state index contributed by atoms with van der Waals surface area (Å²) in [5, 5.41) is 27.2. The van der Waals surface area contributed by atoms with Gasteiger partial charge in [0, 0.05) is 43.7 Å². The Labute approximate surface area is 316 Å². The Kier molecular flexibility index (Phi) is 6.61. The van der Waals surface area contributed by atoms with Gasteiger partial charge in [0.05, 0.1) is 56.0 Å². The summed E-state index contributed by atoms with van der Waals surface area (Å²) in [6.45, 7) is 0. The van der Waals surface area contributed by atoms with Crippen molar-refractivity contribution in [3.8, 4) is 40.3 Å². The highest BCUT2D eigenvalue weighted by atomic mass is 15.0. The number of para-hydroxylation sites is 4. The van der Waals surface area contributed by atoms with E-state index in [-0.39, 0.29) is 0 Å². The Morgan fingerprint density at radius 1 is 0.327 bits per heavy atom. The molecule has 0 bridgehead atoms. The first-order valence-corrected chi connectivity index (χ1v) is 18.3. The molecular weight excluding hydrogens is 671 g/mol. The molecule has 11 aromatic rings. The molecule has 0 aliphatic heterocycles. The van der Waals surface area contributed by atoms with Crippen LogP contribution in [0.25, 0.3) is 93.6 Å². The quantitative estimate of drug-likeness (QED) is 0.184. The zero-order valence-electron chi connectivity index (χ0n) is 29.5. The largest absolute Gasteiger partial charge is 0.309 e. The van der Waals surface area contributed by atoms with E-state index in [1.54, 1.807) is 0 Å². The molecule has 254 valence electrons. The summed E-state index contributed by atoms with van der Waals surface area (Å²) in [5.74, 6) is 0. The Bertz CT molecular complexity index is 3400. The number of nitriles is 2. The van der Waals surface area contributed by atoms with E-state index in [2.05, 4.69) is 159 Å². The Morgan fingerprint density at radius 3 is 1.35 bits per heavy atom. The van der Waals surface area contributed by atoms with Crippen molar-refractivity contribution >= 4 is 65.4 Å². The van der Waals surface area contributed by atoms with Crippen molar-refractivity contribution in [2.45, 2.75) is 0 Å². The highest BCUT2D eigenvalue weighted by Gasteiger charge is 2.18. The van der Waals surface area contributed by atoms with Gasteiger partial charge in [0.25, 0.3) is 0 Å². The lowest BCUT2D eigenvalue weighted by molar-refractivity contribution is 1.15. The fourth-order valence-corrected chi connectivity index (χ4v) is 8.68. The lowest BCUT2D eigenvalue weighted by Crippen LogP contribution is -1.98. The van der Waals surface area contributed by atoms with Gasteiger partial charge in [-0.05, 0) is 83.9 Å². The molecule has 0 fully saturated rings. The van der Waals surface area contributed by atoms with Gasteiger partial charge in [-0.15, -0.1) is 0 Å². The van der Waals surface area contributed by atoms with Gasteiger partial charge < -0.3 is 13.7 Å². The fourth-order valence-electron chi connectivity index (χ4n) is 8.68. The molecule has 0 radical (unpaired) electrons. The second-order valence-electron chi connectivity index (χ2n) is 14.0. The molecule has 55 heavy (non-hydrogen) atoms. The van der Waals surface area contributed by atoms with Gasteiger partial charge in [-0.2, -0.15) is 10.5 Å². The minimum Gasteiger partial charge on any atom is -0.309 e. The number of aromatic nitrogens is 3. The third-order valence-electron chi connectivity index (χ3n) is 11.1. The summed E-state index contributed by atoms with van der Waals surface area (Å²) < 4.78 is 6.83. The molecule has 0 saturated heterocycles. The predicted molar refractivity (Wildman–Crippen MR) is 224 cm³/mol. The van der Waals surface area contributed by atoms with Crippen molar-refractivity contribution < 1.29 is 0 Å². The minimum absolute atomic E-state index is 0.562. The molecule has 11 rings (SSSR count). The van der Waals surface area contributed by atoms with Crippen molar-refractivity contribution in [1.29, 1.82) is 10.5 Å². The molecule has 0 amide bonds. The molecule has 5 heteroatoms. The first-order chi connectivity index (χ1) is 27.2. The highest BCUT2D eigenvalue weighted by molar-refractivity contribution is 6.12. The van der Waals surface area contributed by atoms with Crippen molar-refractivity contribution in [3.63, 3.8) is 0 Å². The monoisotopic (exact) mass is 699 g/mol. The van der Waals surface area contributed by atoms with E-state index >= 15 is 0 Å². The Morgan fingerprint density at radius 2 is 0.782 bits per heavy atom. The molecule has 0 aliphatic carbocycles. The van der Waals surface area contributed by atoms with Crippen LogP contribution in [0.1, 0.15) is 11.1 Å². The molecular formula is C50H29N5. The lowest BCUT2D eigenvalue weighted by atomic mass is 10.0. The molecule has 0 atom stereocenters. The van der Waals surface area contributed by atoms with Gasteiger partial charge in [0.15, 0.2) is 0 Å². The van der Waals surface area contributed by atoms with Crippen LogP contribution in [0.3, 0.4) is 0 Å². The van der Waals surface area contributed by atoms with Crippen LogP contribution in [0.4, 0.5) is 0 Å². The van der Waals surface area contributed by atoms with Crippen LogP contribution in [0.2, 0.25) is 0 Å². The SMILES string of the molecule is N#Cc1ccc2c3ccccc3n(-c3ccc(-c4ccc(-n5c6ccccc6c6ccc(-n7c8ccccc8c8ccccc87)cc65)cc4)cc3C#N)c2c1. The molecule has 3 heterocycles. The molecule has 8 aromatic carbocycles. The van der Waals surface area contributed by atoms with Gasteiger partial charge in [-0.25, -0.2) is 0 Å². The smallest absolute Gasteiger partial charge is 0.101 e. The topological polar surface area (TPSA) is 62.4 Å². The lowest BCUT2D eigenvalue weighted by Gasteiger charge is -2.13. The van der Waals surface area contributed by atoms with Crippen LogP contribution in [0.5, 0.6) is 0 Å². The number of benzene rings is 8. The highest BCUT2D eigenvalue weighted by Crippen LogP contribution is 2.38. The van der Waals surface area contributed by atoms with Crippen LogP contribution < -0.4 is 0 Å². The van der Waals surface area contributed by atoms with E-state index < -0.39 is 0 Å². The van der Waals surface area contributed by atoms with E-state index in [1.165, 1.54) is 32.6 Å². The molecule has 0 saturated carbocycles. The van der Waals surface area contributed by atoms with Gasteiger partial charge in [-0.1, -0.05) is 103 Å². The minimum atomic E-state index is 0.562. The normalized spacial score (nSPS) is 11.6. The molecule has 5 nitrogen and oxygen atoms in total. The number of nitrogens with zero attached hydrogens (tertiary/aromatic N) is 5.